The first-order valence-corrected chi connectivity index (χ1v) is 11.0. The minimum Gasteiger partial charge on any atom is -0.335 e. The number of hydrogen-bond donors (Lipinski definition) is 0. The van der Waals surface area contributed by atoms with Crippen molar-refractivity contribution in [3.05, 3.63) is 52.3 Å². The summed E-state index contributed by atoms with van der Waals surface area (Å²) >= 11 is 6.89. The molecule has 0 spiro atoms. The van der Waals surface area contributed by atoms with Crippen molar-refractivity contribution in [1.29, 1.82) is 0 Å². The summed E-state index contributed by atoms with van der Waals surface area (Å²) in [5.41, 5.74) is 2.07. The molecule has 0 atom stereocenters. The van der Waals surface area contributed by atoms with Crippen LogP contribution in [-0.4, -0.2) is 59.1 Å². The minimum absolute atomic E-state index is 0.186. The average molecular weight is 425 g/mol. The van der Waals surface area contributed by atoms with Crippen LogP contribution in [0.2, 0.25) is 4.34 Å². The molecule has 0 N–H and O–H groups in total. The molecule has 4 rings (SSSR count). The van der Waals surface area contributed by atoms with Crippen LogP contribution in [-0.2, 0) is 10.0 Å². The summed E-state index contributed by atoms with van der Waals surface area (Å²) in [7, 11) is -3.57. The molecule has 4 heterocycles. The normalized spacial score (nSPS) is 16.1. The number of piperazine rings is 1. The molecule has 1 aliphatic heterocycles. The van der Waals surface area contributed by atoms with Gasteiger partial charge in [0, 0.05) is 38.1 Å². The van der Waals surface area contributed by atoms with E-state index in [1.807, 2.05) is 29.5 Å². The van der Waals surface area contributed by atoms with E-state index in [9.17, 15) is 13.2 Å². The van der Waals surface area contributed by atoms with E-state index in [0.29, 0.717) is 28.8 Å². The van der Waals surface area contributed by atoms with Gasteiger partial charge in [-0.2, -0.15) is 4.31 Å². The quantitative estimate of drug-likeness (QED) is 0.647. The number of sulfonamides is 1. The molecule has 0 saturated carbocycles. The minimum atomic E-state index is -3.57. The maximum Gasteiger partial charge on any atom is 0.274 e. The average Bonchev–Trinajstić information content (AvgIpc) is 3.29. The van der Waals surface area contributed by atoms with Gasteiger partial charge in [0.15, 0.2) is 0 Å². The number of hydrogen-bond acceptors (Lipinski definition) is 5. The molecule has 3 aromatic heterocycles. The third-order valence-corrected chi connectivity index (χ3v) is 8.18. The molecule has 3 aromatic rings. The van der Waals surface area contributed by atoms with E-state index in [1.165, 1.54) is 10.4 Å². The fourth-order valence-electron chi connectivity index (χ4n) is 3.11. The lowest BCUT2D eigenvalue weighted by Gasteiger charge is -2.33. The molecule has 0 bridgehead atoms. The van der Waals surface area contributed by atoms with Crippen LogP contribution in [0, 0.1) is 6.92 Å². The summed E-state index contributed by atoms with van der Waals surface area (Å²) in [6, 6.07) is 8.78. The lowest BCUT2D eigenvalue weighted by Crippen LogP contribution is -2.50. The number of pyridine rings is 1. The number of nitrogens with zero attached hydrogens (tertiary/aromatic N) is 4. The maximum absolute atomic E-state index is 12.8. The smallest absolute Gasteiger partial charge is 0.274 e. The topological polar surface area (TPSA) is 75.0 Å². The van der Waals surface area contributed by atoms with Gasteiger partial charge in [0.1, 0.15) is 15.6 Å². The van der Waals surface area contributed by atoms with Gasteiger partial charge in [-0.3, -0.25) is 4.79 Å². The summed E-state index contributed by atoms with van der Waals surface area (Å²) in [6.45, 7) is 3.09. The monoisotopic (exact) mass is 424 g/mol. The maximum atomic E-state index is 12.8. The van der Waals surface area contributed by atoms with E-state index >= 15 is 0 Å². The number of aromatic nitrogens is 2. The molecular weight excluding hydrogens is 408 g/mol. The van der Waals surface area contributed by atoms with Crippen LogP contribution in [0.4, 0.5) is 0 Å². The lowest BCUT2D eigenvalue weighted by molar-refractivity contribution is 0.0693. The van der Waals surface area contributed by atoms with Gasteiger partial charge in [0.2, 0.25) is 0 Å². The zero-order valence-corrected chi connectivity index (χ0v) is 16.9. The number of halogens is 1. The van der Waals surface area contributed by atoms with Crippen molar-refractivity contribution in [3.8, 4) is 0 Å². The van der Waals surface area contributed by atoms with E-state index in [4.69, 9.17) is 11.6 Å². The van der Waals surface area contributed by atoms with Gasteiger partial charge in [-0.15, -0.1) is 11.3 Å². The fraction of sp³-hybridized carbons (Fsp3) is 0.294. The van der Waals surface area contributed by atoms with Crippen LogP contribution >= 0.6 is 22.9 Å². The predicted octanol–water partition coefficient (Wildman–Crippen LogP) is 2.50. The molecule has 142 valence electrons. The number of fused-ring (bicyclic) bond motifs is 1. The van der Waals surface area contributed by atoms with E-state index in [-0.39, 0.29) is 23.2 Å². The molecule has 10 heteroatoms. The van der Waals surface area contributed by atoms with Crippen LogP contribution in [0.15, 0.2) is 40.7 Å². The Morgan fingerprint density at radius 3 is 2.52 bits per heavy atom. The second-order valence-corrected chi connectivity index (χ2v) is 10.2. The fourth-order valence-corrected chi connectivity index (χ4v) is 6.17. The number of carbonyl (C=O) groups is 1. The molecule has 7 nitrogen and oxygen atoms in total. The third kappa shape index (κ3) is 3.36. The Kier molecular flexibility index (Phi) is 4.71. The highest BCUT2D eigenvalue weighted by Gasteiger charge is 2.32. The van der Waals surface area contributed by atoms with Gasteiger partial charge in [-0.05, 0) is 31.2 Å². The molecule has 1 saturated heterocycles. The highest BCUT2D eigenvalue weighted by atomic mass is 35.5. The van der Waals surface area contributed by atoms with E-state index < -0.39 is 10.0 Å². The van der Waals surface area contributed by atoms with Crippen molar-refractivity contribution in [1.82, 2.24) is 18.6 Å². The van der Waals surface area contributed by atoms with Crippen molar-refractivity contribution in [2.24, 2.45) is 0 Å². The molecule has 1 aliphatic rings. The Bertz CT molecular complexity index is 1110. The SMILES string of the molecule is Cc1cccc2nc(C(=O)N3CCN(S(=O)(=O)c4ccc(Cl)s4)CC3)cn12. The van der Waals surface area contributed by atoms with E-state index in [0.717, 1.165) is 17.0 Å². The van der Waals surface area contributed by atoms with Crippen LogP contribution in [0.5, 0.6) is 0 Å². The largest absolute Gasteiger partial charge is 0.335 e. The van der Waals surface area contributed by atoms with Gasteiger partial charge in [0.25, 0.3) is 15.9 Å². The van der Waals surface area contributed by atoms with Gasteiger partial charge >= 0.3 is 0 Å². The highest BCUT2D eigenvalue weighted by molar-refractivity contribution is 7.91. The van der Waals surface area contributed by atoms with Gasteiger partial charge in [-0.1, -0.05) is 17.7 Å². The first kappa shape index (κ1) is 18.4. The summed E-state index contributed by atoms with van der Waals surface area (Å²) in [4.78, 5) is 18.8. The zero-order chi connectivity index (χ0) is 19.2. The van der Waals surface area contributed by atoms with Crippen LogP contribution in [0.25, 0.3) is 5.65 Å². The number of carbonyl (C=O) groups excluding carboxylic acids is 1. The second kappa shape index (κ2) is 6.90. The molecule has 0 unspecified atom stereocenters. The number of rotatable bonds is 3. The molecular formula is C17H17ClN4O3S2. The van der Waals surface area contributed by atoms with Crippen molar-refractivity contribution in [2.75, 3.05) is 26.2 Å². The second-order valence-electron chi connectivity index (χ2n) is 6.28. The van der Waals surface area contributed by atoms with Crippen molar-refractivity contribution < 1.29 is 13.2 Å². The van der Waals surface area contributed by atoms with E-state index in [2.05, 4.69) is 4.98 Å². The molecule has 27 heavy (non-hydrogen) atoms. The van der Waals surface area contributed by atoms with Crippen LogP contribution in [0.1, 0.15) is 16.2 Å². The van der Waals surface area contributed by atoms with Gasteiger partial charge in [-0.25, -0.2) is 13.4 Å². The lowest BCUT2D eigenvalue weighted by atomic mass is 10.3. The number of thiophene rings is 1. The molecule has 0 aliphatic carbocycles. The summed E-state index contributed by atoms with van der Waals surface area (Å²) in [5.74, 6) is -0.186. The first-order chi connectivity index (χ1) is 12.9. The summed E-state index contributed by atoms with van der Waals surface area (Å²) in [6.07, 6.45) is 1.73. The number of imidazole rings is 1. The van der Waals surface area contributed by atoms with Gasteiger partial charge in [0.05, 0.1) is 4.34 Å². The summed E-state index contributed by atoms with van der Waals surface area (Å²) in [5, 5.41) is 0. The van der Waals surface area contributed by atoms with E-state index in [1.54, 1.807) is 17.2 Å². The van der Waals surface area contributed by atoms with Crippen molar-refractivity contribution in [2.45, 2.75) is 11.1 Å². The van der Waals surface area contributed by atoms with Crippen LogP contribution in [0.3, 0.4) is 0 Å². The zero-order valence-electron chi connectivity index (χ0n) is 14.5. The predicted molar refractivity (Wildman–Crippen MR) is 104 cm³/mol. The first-order valence-electron chi connectivity index (χ1n) is 8.36. The standard InChI is InChI=1S/C17H17ClN4O3S2/c1-12-3-2-4-15-19-13(11-22(12)15)17(23)20-7-9-21(10-8-20)27(24,25)16-6-5-14(18)26-16/h2-6,11H,7-10H2,1H3. The Balaban J connectivity index is 1.48. The Morgan fingerprint density at radius 2 is 1.89 bits per heavy atom. The highest BCUT2D eigenvalue weighted by Crippen LogP contribution is 2.28. The van der Waals surface area contributed by atoms with Crippen LogP contribution < -0.4 is 0 Å². The molecule has 0 aromatic carbocycles. The Morgan fingerprint density at radius 1 is 1.15 bits per heavy atom. The molecule has 0 radical (unpaired) electrons. The number of aryl methyl sites for hydroxylation is 1. The number of amides is 1. The van der Waals surface area contributed by atoms with Crippen molar-refractivity contribution in [3.63, 3.8) is 0 Å². The Labute approximate surface area is 165 Å². The van der Waals surface area contributed by atoms with Gasteiger partial charge < -0.3 is 9.30 Å². The Hall–Kier alpha value is -1.94. The summed E-state index contributed by atoms with van der Waals surface area (Å²) < 4.78 is 29.2. The third-order valence-electron chi connectivity index (χ3n) is 4.58. The van der Waals surface area contributed by atoms with Crippen molar-refractivity contribution >= 4 is 44.5 Å². The molecule has 1 fully saturated rings. The molecule has 1 amide bonds.